The van der Waals surface area contributed by atoms with Gasteiger partial charge in [0.05, 0.1) is 5.39 Å². The fourth-order valence-corrected chi connectivity index (χ4v) is 5.53. The maximum absolute atomic E-state index is 12.2. The molecular formula is C18H21N5O. The maximum Gasteiger partial charge on any atom is 0.246 e. The number of likely N-dealkylation sites (tertiary alicyclic amines) is 1. The van der Waals surface area contributed by atoms with E-state index in [1.165, 1.54) is 6.08 Å². The average Bonchev–Trinajstić information content (AvgIpc) is 3.33. The molecule has 0 bridgehead atoms. The number of H-pyrrole nitrogens is 1. The Morgan fingerprint density at radius 1 is 1.29 bits per heavy atom. The second-order valence-electron chi connectivity index (χ2n) is 7.21. The number of carbonyl (C=O) groups excluding carboxylic acids is 1. The highest BCUT2D eigenvalue weighted by Gasteiger charge is 2.61. The summed E-state index contributed by atoms with van der Waals surface area (Å²) in [6, 6.07) is 2.89. The number of fused-ring (bicyclic) bond motifs is 1. The standard InChI is InChI=1S/C18H21N5O/c1-2-15(24)22-9-6-18-7-10-23(14(18)4-3-13(18)22)17-12-5-8-19-16(12)20-11-21-17/h2,5,8,11,13-14H,1,3-4,6-7,9-10H2,(H,19,20,21). The number of nitrogens with zero attached hydrogens (tertiary/aromatic N) is 4. The molecule has 3 aliphatic rings. The molecule has 1 amide bonds. The van der Waals surface area contributed by atoms with E-state index in [0.717, 1.165) is 55.6 Å². The number of anilines is 1. The number of hydrogen-bond acceptors (Lipinski definition) is 4. The zero-order chi connectivity index (χ0) is 16.3. The highest BCUT2D eigenvalue weighted by molar-refractivity contribution is 5.88. The fourth-order valence-electron chi connectivity index (χ4n) is 5.53. The molecular weight excluding hydrogens is 302 g/mol. The van der Waals surface area contributed by atoms with Crippen LogP contribution in [0, 0.1) is 5.41 Å². The fraction of sp³-hybridized carbons (Fsp3) is 0.500. The van der Waals surface area contributed by atoms with E-state index in [1.807, 2.05) is 6.20 Å². The van der Waals surface area contributed by atoms with E-state index in [0.29, 0.717) is 12.1 Å². The lowest BCUT2D eigenvalue weighted by Gasteiger charge is -2.33. The molecule has 2 aliphatic heterocycles. The number of nitrogens with one attached hydrogen (secondary N) is 1. The second kappa shape index (κ2) is 4.82. The number of rotatable bonds is 2. The molecule has 3 unspecified atom stereocenters. The normalized spacial score (nSPS) is 31.5. The molecule has 1 N–H and O–H groups in total. The molecule has 24 heavy (non-hydrogen) atoms. The second-order valence-corrected chi connectivity index (χ2v) is 7.21. The smallest absolute Gasteiger partial charge is 0.246 e. The number of aromatic amines is 1. The van der Waals surface area contributed by atoms with Crippen molar-refractivity contribution in [2.75, 3.05) is 18.0 Å². The van der Waals surface area contributed by atoms with Gasteiger partial charge in [-0.15, -0.1) is 0 Å². The number of aromatic nitrogens is 3. The van der Waals surface area contributed by atoms with Gasteiger partial charge in [-0.1, -0.05) is 6.58 Å². The average molecular weight is 323 g/mol. The Morgan fingerprint density at radius 3 is 3.00 bits per heavy atom. The molecule has 0 radical (unpaired) electrons. The van der Waals surface area contributed by atoms with E-state index in [4.69, 9.17) is 0 Å². The van der Waals surface area contributed by atoms with E-state index in [2.05, 4.69) is 37.4 Å². The van der Waals surface area contributed by atoms with Crippen molar-refractivity contribution in [2.45, 2.75) is 37.8 Å². The van der Waals surface area contributed by atoms with Gasteiger partial charge in [-0.2, -0.15) is 0 Å². The molecule has 1 spiro atoms. The largest absolute Gasteiger partial charge is 0.352 e. The van der Waals surface area contributed by atoms with Crippen LogP contribution in [0.2, 0.25) is 0 Å². The van der Waals surface area contributed by atoms with Crippen LogP contribution in [0.1, 0.15) is 25.7 Å². The van der Waals surface area contributed by atoms with Crippen LogP contribution in [0.5, 0.6) is 0 Å². The molecule has 1 aliphatic carbocycles. The predicted octanol–water partition coefficient (Wildman–Crippen LogP) is 2.10. The first-order chi connectivity index (χ1) is 11.7. The summed E-state index contributed by atoms with van der Waals surface area (Å²) in [5.74, 6) is 1.13. The quantitative estimate of drug-likeness (QED) is 0.860. The van der Waals surface area contributed by atoms with Gasteiger partial charge in [-0.05, 0) is 37.8 Å². The lowest BCUT2D eigenvalue weighted by Crippen LogP contribution is -2.42. The SMILES string of the molecule is C=CC(=O)N1CCC23CCN(c4ncnc5[nH]ccc45)C2CCC13. The minimum atomic E-state index is 0.0889. The Morgan fingerprint density at radius 2 is 2.12 bits per heavy atom. The molecule has 5 rings (SSSR count). The molecule has 2 aromatic heterocycles. The summed E-state index contributed by atoms with van der Waals surface area (Å²) in [7, 11) is 0. The highest BCUT2D eigenvalue weighted by Crippen LogP contribution is 2.57. The first-order valence-corrected chi connectivity index (χ1v) is 8.72. The van der Waals surface area contributed by atoms with Crippen molar-refractivity contribution in [1.82, 2.24) is 19.9 Å². The molecule has 6 heteroatoms. The van der Waals surface area contributed by atoms with Gasteiger partial charge in [0.2, 0.25) is 5.91 Å². The van der Waals surface area contributed by atoms with Crippen molar-refractivity contribution in [3.63, 3.8) is 0 Å². The van der Waals surface area contributed by atoms with Crippen LogP contribution in [-0.4, -0.2) is 50.9 Å². The molecule has 124 valence electrons. The van der Waals surface area contributed by atoms with Crippen LogP contribution in [0.3, 0.4) is 0 Å². The third-order valence-corrected chi connectivity index (χ3v) is 6.49. The van der Waals surface area contributed by atoms with E-state index < -0.39 is 0 Å². The molecule has 6 nitrogen and oxygen atoms in total. The molecule has 4 heterocycles. The summed E-state index contributed by atoms with van der Waals surface area (Å²) in [4.78, 5) is 28.8. The Labute approximate surface area is 140 Å². The van der Waals surface area contributed by atoms with Crippen LogP contribution in [0.4, 0.5) is 5.82 Å². The Balaban J connectivity index is 1.52. The summed E-state index contributed by atoms with van der Waals surface area (Å²) >= 11 is 0. The van der Waals surface area contributed by atoms with Crippen LogP contribution >= 0.6 is 0 Å². The lowest BCUT2D eigenvalue weighted by molar-refractivity contribution is -0.127. The predicted molar refractivity (Wildman–Crippen MR) is 91.6 cm³/mol. The van der Waals surface area contributed by atoms with Gasteiger partial charge in [-0.3, -0.25) is 4.79 Å². The van der Waals surface area contributed by atoms with Gasteiger partial charge in [0.25, 0.3) is 0 Å². The highest BCUT2D eigenvalue weighted by atomic mass is 16.2. The molecule has 3 fully saturated rings. The van der Waals surface area contributed by atoms with Crippen molar-refractivity contribution in [3.8, 4) is 0 Å². The summed E-state index contributed by atoms with van der Waals surface area (Å²) < 4.78 is 0. The Bertz CT molecular complexity index is 830. The Hall–Kier alpha value is -2.37. The van der Waals surface area contributed by atoms with Gasteiger partial charge < -0.3 is 14.8 Å². The topological polar surface area (TPSA) is 65.1 Å². The Kier molecular flexibility index (Phi) is 2.81. The maximum atomic E-state index is 12.2. The summed E-state index contributed by atoms with van der Waals surface area (Å²) in [5.41, 5.74) is 1.12. The van der Waals surface area contributed by atoms with Crippen molar-refractivity contribution in [3.05, 3.63) is 31.2 Å². The first-order valence-electron chi connectivity index (χ1n) is 8.72. The van der Waals surface area contributed by atoms with Crippen molar-refractivity contribution in [1.29, 1.82) is 0 Å². The van der Waals surface area contributed by atoms with E-state index in [9.17, 15) is 4.79 Å². The minimum absolute atomic E-state index is 0.0889. The van der Waals surface area contributed by atoms with Gasteiger partial charge in [0.15, 0.2) is 0 Å². The summed E-state index contributed by atoms with van der Waals surface area (Å²) in [6.07, 6.45) is 9.48. The van der Waals surface area contributed by atoms with Gasteiger partial charge in [0, 0.05) is 36.8 Å². The summed E-state index contributed by atoms with van der Waals surface area (Å²) in [5, 5.41) is 1.09. The molecule has 3 atom stereocenters. The van der Waals surface area contributed by atoms with Crippen LogP contribution < -0.4 is 4.90 Å². The lowest BCUT2D eigenvalue weighted by atomic mass is 9.79. The number of hydrogen-bond donors (Lipinski definition) is 1. The third-order valence-electron chi connectivity index (χ3n) is 6.49. The first kappa shape index (κ1) is 14.0. The van der Waals surface area contributed by atoms with Crippen LogP contribution in [-0.2, 0) is 4.79 Å². The monoisotopic (exact) mass is 323 g/mol. The molecule has 2 aromatic rings. The van der Waals surface area contributed by atoms with Gasteiger partial charge in [0.1, 0.15) is 17.8 Å². The van der Waals surface area contributed by atoms with Crippen LogP contribution in [0.25, 0.3) is 11.0 Å². The van der Waals surface area contributed by atoms with E-state index in [1.54, 1.807) is 6.33 Å². The minimum Gasteiger partial charge on any atom is -0.352 e. The van der Waals surface area contributed by atoms with Crippen molar-refractivity contribution >= 4 is 22.8 Å². The third kappa shape index (κ3) is 1.63. The van der Waals surface area contributed by atoms with E-state index in [-0.39, 0.29) is 11.3 Å². The molecule has 2 saturated heterocycles. The molecule has 1 saturated carbocycles. The van der Waals surface area contributed by atoms with Gasteiger partial charge >= 0.3 is 0 Å². The number of amides is 1. The summed E-state index contributed by atoms with van der Waals surface area (Å²) in [6.45, 7) is 5.54. The molecule has 0 aromatic carbocycles. The van der Waals surface area contributed by atoms with Crippen molar-refractivity contribution in [2.24, 2.45) is 5.41 Å². The van der Waals surface area contributed by atoms with Crippen LogP contribution in [0.15, 0.2) is 31.2 Å². The zero-order valence-electron chi connectivity index (χ0n) is 13.6. The zero-order valence-corrected chi connectivity index (χ0v) is 13.6. The van der Waals surface area contributed by atoms with E-state index >= 15 is 0 Å². The van der Waals surface area contributed by atoms with Crippen molar-refractivity contribution < 1.29 is 4.79 Å². The van der Waals surface area contributed by atoms with Gasteiger partial charge in [-0.25, -0.2) is 9.97 Å². The number of carbonyl (C=O) groups is 1.